The van der Waals surface area contributed by atoms with Crippen LogP contribution in [0.25, 0.3) is 0 Å². The van der Waals surface area contributed by atoms with Crippen molar-refractivity contribution < 1.29 is 13.2 Å². The minimum atomic E-state index is -3.79. The third kappa shape index (κ3) is 4.14. The Morgan fingerprint density at radius 3 is 2.55 bits per heavy atom. The fourth-order valence-electron chi connectivity index (χ4n) is 3.79. The van der Waals surface area contributed by atoms with E-state index in [2.05, 4.69) is 17.1 Å². The van der Waals surface area contributed by atoms with Gasteiger partial charge in [0.25, 0.3) is 15.9 Å². The number of anilines is 3. The summed E-state index contributed by atoms with van der Waals surface area (Å²) in [6.07, 6.45) is 1.01. The molecule has 1 N–H and O–H groups in total. The van der Waals surface area contributed by atoms with Crippen molar-refractivity contribution in [3.05, 3.63) is 83.9 Å². The molecule has 1 aliphatic heterocycles. The summed E-state index contributed by atoms with van der Waals surface area (Å²) in [7, 11) is -2.29. The maximum absolute atomic E-state index is 13.1. The quantitative estimate of drug-likeness (QED) is 0.632. The van der Waals surface area contributed by atoms with E-state index in [1.807, 2.05) is 24.3 Å². The molecule has 1 amide bonds. The Morgan fingerprint density at radius 2 is 1.81 bits per heavy atom. The van der Waals surface area contributed by atoms with Crippen LogP contribution < -0.4 is 14.5 Å². The number of likely N-dealkylation sites (N-methyl/N-ethyl adjacent to an activating group) is 1. The smallest absolute Gasteiger partial charge is 0.264 e. The molecule has 1 aliphatic rings. The van der Waals surface area contributed by atoms with Crippen LogP contribution in [-0.4, -0.2) is 34.5 Å². The lowest BCUT2D eigenvalue weighted by Gasteiger charge is -2.20. The van der Waals surface area contributed by atoms with E-state index in [9.17, 15) is 13.2 Å². The number of fused-ring (bicyclic) bond motifs is 1. The van der Waals surface area contributed by atoms with E-state index >= 15 is 0 Å². The fraction of sp³-hybridized carbons (Fsp3) is 0.208. The molecule has 160 valence electrons. The molecule has 3 aromatic carbocycles. The zero-order valence-corrected chi connectivity index (χ0v) is 18.4. The van der Waals surface area contributed by atoms with Gasteiger partial charge in [0.05, 0.1) is 10.6 Å². The summed E-state index contributed by atoms with van der Waals surface area (Å²) in [6.45, 7) is 4.01. The molecule has 1 heterocycles. The molecule has 31 heavy (non-hydrogen) atoms. The molecule has 0 aliphatic carbocycles. The van der Waals surface area contributed by atoms with Gasteiger partial charge in [-0.1, -0.05) is 30.3 Å². The molecule has 4 rings (SSSR count). The van der Waals surface area contributed by atoms with Crippen molar-refractivity contribution in [3.8, 4) is 0 Å². The van der Waals surface area contributed by atoms with Gasteiger partial charge in [0.2, 0.25) is 0 Å². The molecule has 0 atom stereocenters. The van der Waals surface area contributed by atoms with Crippen molar-refractivity contribution in [1.29, 1.82) is 0 Å². The highest BCUT2D eigenvalue weighted by Crippen LogP contribution is 2.31. The molecule has 0 saturated carbocycles. The van der Waals surface area contributed by atoms with Crippen LogP contribution in [0.4, 0.5) is 17.1 Å². The number of nitrogens with one attached hydrogen (secondary N) is 1. The van der Waals surface area contributed by atoms with Gasteiger partial charge >= 0.3 is 0 Å². The second-order valence-corrected chi connectivity index (χ2v) is 9.43. The summed E-state index contributed by atoms with van der Waals surface area (Å²) in [5.74, 6) is -0.347. The molecule has 0 saturated heterocycles. The molecular formula is C24H25N3O3S. The van der Waals surface area contributed by atoms with Crippen LogP contribution in [0.5, 0.6) is 0 Å². The first-order valence-corrected chi connectivity index (χ1v) is 11.7. The molecule has 0 radical (unpaired) electrons. The van der Waals surface area contributed by atoms with Crippen molar-refractivity contribution in [3.63, 3.8) is 0 Å². The van der Waals surface area contributed by atoms with Gasteiger partial charge in [0.15, 0.2) is 0 Å². The highest BCUT2D eigenvalue weighted by molar-refractivity contribution is 7.92. The van der Waals surface area contributed by atoms with E-state index in [0.717, 1.165) is 25.2 Å². The highest BCUT2D eigenvalue weighted by Gasteiger charge is 2.23. The molecule has 0 unspecified atom stereocenters. The average molecular weight is 436 g/mol. The first-order valence-electron chi connectivity index (χ1n) is 10.2. The molecule has 0 aromatic heterocycles. The third-order valence-electron chi connectivity index (χ3n) is 5.59. The van der Waals surface area contributed by atoms with Gasteiger partial charge < -0.3 is 10.2 Å². The van der Waals surface area contributed by atoms with E-state index in [-0.39, 0.29) is 16.4 Å². The first-order chi connectivity index (χ1) is 14.9. The van der Waals surface area contributed by atoms with Gasteiger partial charge in [-0.25, -0.2) is 8.42 Å². The molecule has 0 bridgehead atoms. The van der Waals surface area contributed by atoms with Crippen molar-refractivity contribution in [1.82, 2.24) is 0 Å². The van der Waals surface area contributed by atoms with Crippen LogP contribution in [0.15, 0.2) is 77.7 Å². The first kappa shape index (κ1) is 20.9. The maximum atomic E-state index is 13.1. The number of carbonyl (C=O) groups is 1. The Hall–Kier alpha value is -3.32. The van der Waals surface area contributed by atoms with Gasteiger partial charge in [-0.05, 0) is 61.4 Å². The zero-order chi connectivity index (χ0) is 22.0. The largest absolute Gasteiger partial charge is 0.371 e. The summed E-state index contributed by atoms with van der Waals surface area (Å²) in [6, 6.07) is 20.9. The minimum Gasteiger partial charge on any atom is -0.371 e. The topological polar surface area (TPSA) is 69.7 Å². The third-order valence-corrected chi connectivity index (χ3v) is 7.37. The highest BCUT2D eigenvalue weighted by atomic mass is 32.2. The van der Waals surface area contributed by atoms with Crippen molar-refractivity contribution >= 4 is 33.0 Å². The van der Waals surface area contributed by atoms with E-state index in [1.54, 1.807) is 36.4 Å². The Kier molecular flexibility index (Phi) is 5.69. The summed E-state index contributed by atoms with van der Waals surface area (Å²) < 4.78 is 27.3. The number of rotatable bonds is 6. The Labute approximate surface area is 183 Å². The van der Waals surface area contributed by atoms with E-state index < -0.39 is 10.0 Å². The van der Waals surface area contributed by atoms with Crippen molar-refractivity contribution in [2.45, 2.75) is 18.2 Å². The van der Waals surface area contributed by atoms with E-state index in [0.29, 0.717) is 11.4 Å². The number of hydrogen-bond acceptors (Lipinski definition) is 4. The number of carbonyl (C=O) groups excluding carboxylic acids is 1. The van der Waals surface area contributed by atoms with Gasteiger partial charge in [-0.15, -0.1) is 0 Å². The summed E-state index contributed by atoms with van der Waals surface area (Å²) in [5.41, 5.74) is 3.95. The predicted octanol–water partition coefficient (Wildman–Crippen LogP) is 4.15. The Bertz CT molecular complexity index is 1210. The molecular weight excluding hydrogens is 410 g/mol. The SMILES string of the molecule is CCN1CCc2ccc(NC(=O)c3cccc(S(=O)(=O)N(C)c4ccccc4)c3)cc21. The van der Waals surface area contributed by atoms with Gasteiger partial charge in [0, 0.05) is 37.1 Å². The van der Waals surface area contributed by atoms with Crippen molar-refractivity contribution in [2.24, 2.45) is 0 Å². The molecule has 0 fully saturated rings. The fourth-order valence-corrected chi connectivity index (χ4v) is 5.03. The average Bonchev–Trinajstić information content (AvgIpc) is 3.21. The van der Waals surface area contributed by atoms with E-state index in [4.69, 9.17) is 0 Å². The Balaban J connectivity index is 1.57. The number of nitrogens with zero attached hydrogens (tertiary/aromatic N) is 2. The number of sulfonamides is 1. The molecule has 0 spiro atoms. The number of hydrogen-bond donors (Lipinski definition) is 1. The van der Waals surface area contributed by atoms with E-state index in [1.165, 1.54) is 29.0 Å². The van der Waals surface area contributed by atoms with Gasteiger partial charge in [-0.3, -0.25) is 9.10 Å². The van der Waals surface area contributed by atoms with Crippen LogP contribution in [-0.2, 0) is 16.4 Å². The standard InChI is InChI=1S/C24H25N3O3S/c1-3-27-15-14-18-12-13-20(17-23(18)27)25-24(28)19-8-7-11-22(16-19)31(29,30)26(2)21-9-5-4-6-10-21/h4-13,16-17H,3,14-15H2,1-2H3,(H,25,28). The second-order valence-electron chi connectivity index (χ2n) is 7.46. The van der Waals surface area contributed by atoms with Crippen molar-refractivity contribution in [2.75, 3.05) is 34.7 Å². The summed E-state index contributed by atoms with van der Waals surface area (Å²) in [4.78, 5) is 15.2. The van der Waals surface area contributed by atoms with Gasteiger partial charge in [-0.2, -0.15) is 0 Å². The lowest BCUT2D eigenvalue weighted by molar-refractivity contribution is 0.102. The number of amides is 1. The van der Waals surface area contributed by atoms with Crippen LogP contribution in [0, 0.1) is 0 Å². The maximum Gasteiger partial charge on any atom is 0.264 e. The normalized spacial score (nSPS) is 13.0. The minimum absolute atomic E-state index is 0.0672. The van der Waals surface area contributed by atoms with Gasteiger partial charge in [0.1, 0.15) is 0 Å². The lowest BCUT2D eigenvalue weighted by Crippen LogP contribution is -2.26. The number of benzene rings is 3. The summed E-state index contributed by atoms with van der Waals surface area (Å²) in [5, 5.41) is 2.90. The van der Waals surface area contributed by atoms with Crippen LogP contribution in [0.3, 0.4) is 0 Å². The summed E-state index contributed by atoms with van der Waals surface area (Å²) >= 11 is 0. The second kappa shape index (κ2) is 8.43. The molecule has 3 aromatic rings. The van der Waals surface area contributed by atoms with Crippen LogP contribution in [0.2, 0.25) is 0 Å². The number of para-hydroxylation sites is 1. The zero-order valence-electron chi connectivity index (χ0n) is 17.6. The molecule has 7 heteroatoms. The molecule has 6 nitrogen and oxygen atoms in total. The predicted molar refractivity (Wildman–Crippen MR) is 124 cm³/mol. The lowest BCUT2D eigenvalue weighted by atomic mass is 10.1. The monoisotopic (exact) mass is 435 g/mol. The Morgan fingerprint density at radius 1 is 1.03 bits per heavy atom. The van der Waals surface area contributed by atoms with Crippen LogP contribution >= 0.6 is 0 Å². The van der Waals surface area contributed by atoms with Crippen LogP contribution in [0.1, 0.15) is 22.8 Å².